The predicted octanol–water partition coefficient (Wildman–Crippen LogP) is 3.86. The second kappa shape index (κ2) is 7.95. The fourth-order valence-corrected chi connectivity index (χ4v) is 3.29. The monoisotopic (exact) mass is 288 g/mol. The van der Waals surface area contributed by atoms with Gasteiger partial charge in [-0.2, -0.15) is 0 Å². The van der Waals surface area contributed by atoms with E-state index in [4.69, 9.17) is 0 Å². The van der Waals surface area contributed by atoms with Crippen LogP contribution in [-0.4, -0.2) is 36.1 Å². The molecule has 0 spiro atoms. The molecule has 0 bridgehead atoms. The third-order valence-corrected chi connectivity index (χ3v) is 5.22. The van der Waals surface area contributed by atoms with Crippen LogP contribution in [-0.2, 0) is 6.42 Å². The van der Waals surface area contributed by atoms with Crippen molar-refractivity contribution >= 4 is 0 Å². The molecule has 2 unspecified atom stereocenters. The molecule has 1 aliphatic heterocycles. The Morgan fingerprint density at radius 1 is 1.19 bits per heavy atom. The van der Waals surface area contributed by atoms with E-state index in [2.05, 4.69) is 61.3 Å². The lowest BCUT2D eigenvalue weighted by atomic mass is 9.91. The number of nitrogens with zero attached hydrogens (tertiary/aromatic N) is 1. The average Bonchev–Trinajstić information content (AvgIpc) is 2.54. The van der Waals surface area contributed by atoms with Gasteiger partial charge in [0, 0.05) is 24.7 Å². The van der Waals surface area contributed by atoms with Gasteiger partial charge in [-0.15, -0.1) is 0 Å². The fraction of sp³-hybridized carbons (Fsp3) is 0.684. The molecule has 1 heterocycles. The highest BCUT2D eigenvalue weighted by Gasteiger charge is 2.35. The first kappa shape index (κ1) is 16.5. The number of aryl methyl sites for hydroxylation is 1. The average molecular weight is 288 g/mol. The first-order chi connectivity index (χ1) is 10.2. The molecule has 118 valence electrons. The highest BCUT2D eigenvalue weighted by molar-refractivity contribution is 5.14. The van der Waals surface area contributed by atoms with Gasteiger partial charge < -0.3 is 5.32 Å². The van der Waals surface area contributed by atoms with E-state index in [0.29, 0.717) is 11.6 Å². The maximum atomic E-state index is 3.71. The third kappa shape index (κ3) is 4.55. The highest BCUT2D eigenvalue weighted by atomic mass is 15.3. The Morgan fingerprint density at radius 3 is 2.62 bits per heavy atom. The molecule has 0 aliphatic carbocycles. The first-order valence-electron chi connectivity index (χ1n) is 8.70. The van der Waals surface area contributed by atoms with Crippen LogP contribution < -0.4 is 5.32 Å². The van der Waals surface area contributed by atoms with Crippen molar-refractivity contribution in [1.29, 1.82) is 0 Å². The normalized spacial score (nSPS) is 26.9. The van der Waals surface area contributed by atoms with Crippen LogP contribution in [0.5, 0.6) is 0 Å². The van der Waals surface area contributed by atoms with Crippen molar-refractivity contribution in [2.24, 2.45) is 0 Å². The molecule has 1 aliphatic rings. The number of hydrogen-bond acceptors (Lipinski definition) is 2. The predicted molar refractivity (Wildman–Crippen MR) is 91.7 cm³/mol. The number of benzene rings is 1. The van der Waals surface area contributed by atoms with Crippen molar-refractivity contribution in [3.63, 3.8) is 0 Å². The van der Waals surface area contributed by atoms with Crippen molar-refractivity contribution in [3.8, 4) is 0 Å². The van der Waals surface area contributed by atoms with Crippen molar-refractivity contribution in [2.45, 2.75) is 64.5 Å². The molecule has 1 saturated heterocycles. The molecule has 1 fully saturated rings. The van der Waals surface area contributed by atoms with Gasteiger partial charge in [0.25, 0.3) is 0 Å². The highest BCUT2D eigenvalue weighted by Crippen LogP contribution is 2.24. The molecule has 2 atom stereocenters. The molecule has 2 rings (SSSR count). The lowest BCUT2D eigenvalue weighted by molar-refractivity contribution is 0.0467. The van der Waals surface area contributed by atoms with E-state index in [1.165, 1.54) is 50.8 Å². The zero-order valence-corrected chi connectivity index (χ0v) is 14.1. The minimum atomic E-state index is 0.346. The molecule has 2 nitrogen and oxygen atoms in total. The molecule has 2 heteroatoms. The van der Waals surface area contributed by atoms with E-state index in [1.54, 1.807) is 0 Å². The second-order valence-corrected chi connectivity index (χ2v) is 6.73. The molecular weight excluding hydrogens is 256 g/mol. The van der Waals surface area contributed by atoms with E-state index >= 15 is 0 Å². The van der Waals surface area contributed by atoms with Gasteiger partial charge in [0.2, 0.25) is 0 Å². The van der Waals surface area contributed by atoms with E-state index in [1.807, 2.05) is 0 Å². The van der Waals surface area contributed by atoms with Crippen LogP contribution in [0.15, 0.2) is 30.3 Å². The molecule has 0 amide bonds. The Hall–Kier alpha value is -0.860. The van der Waals surface area contributed by atoms with Gasteiger partial charge in [0.15, 0.2) is 0 Å². The Bertz CT molecular complexity index is 403. The summed E-state index contributed by atoms with van der Waals surface area (Å²) in [5.74, 6) is 0. The van der Waals surface area contributed by atoms with Gasteiger partial charge in [-0.25, -0.2) is 0 Å². The molecule has 1 aromatic rings. The van der Waals surface area contributed by atoms with E-state index in [0.717, 1.165) is 6.54 Å². The molecule has 1 N–H and O–H groups in total. The number of nitrogens with one attached hydrogen (secondary N) is 1. The number of hydrogen-bond donors (Lipinski definition) is 1. The van der Waals surface area contributed by atoms with Gasteiger partial charge in [0.1, 0.15) is 0 Å². The largest absolute Gasteiger partial charge is 0.311 e. The lowest BCUT2D eigenvalue weighted by Gasteiger charge is -2.48. The van der Waals surface area contributed by atoms with Crippen LogP contribution in [0.4, 0.5) is 0 Å². The summed E-state index contributed by atoms with van der Waals surface area (Å²) in [5, 5.41) is 3.71. The van der Waals surface area contributed by atoms with Gasteiger partial charge >= 0.3 is 0 Å². The lowest BCUT2D eigenvalue weighted by Crippen LogP contribution is -2.63. The first-order valence-corrected chi connectivity index (χ1v) is 8.70. The summed E-state index contributed by atoms with van der Waals surface area (Å²) in [6.07, 6.45) is 6.29. The van der Waals surface area contributed by atoms with Crippen molar-refractivity contribution in [3.05, 3.63) is 35.9 Å². The Kier molecular flexibility index (Phi) is 6.25. The summed E-state index contributed by atoms with van der Waals surface area (Å²) < 4.78 is 0. The summed E-state index contributed by atoms with van der Waals surface area (Å²) in [5.41, 5.74) is 1.82. The Morgan fingerprint density at radius 2 is 1.95 bits per heavy atom. The standard InChI is InChI=1S/C19H32N2/c1-4-18-15-21(19(3,5-2)16-20-18)14-10-9-13-17-11-7-6-8-12-17/h6-8,11-12,18,20H,4-5,9-10,13-16H2,1-3H3. The van der Waals surface area contributed by atoms with Crippen molar-refractivity contribution in [1.82, 2.24) is 10.2 Å². The summed E-state index contributed by atoms with van der Waals surface area (Å²) in [6, 6.07) is 11.6. The Balaban J connectivity index is 1.79. The zero-order chi connectivity index (χ0) is 15.1. The molecule has 0 aromatic heterocycles. The van der Waals surface area contributed by atoms with E-state index in [-0.39, 0.29) is 0 Å². The second-order valence-electron chi connectivity index (χ2n) is 6.73. The fourth-order valence-electron chi connectivity index (χ4n) is 3.29. The number of piperazine rings is 1. The van der Waals surface area contributed by atoms with Gasteiger partial charge in [-0.3, -0.25) is 4.90 Å². The third-order valence-electron chi connectivity index (χ3n) is 5.22. The SMILES string of the molecule is CCC1CN(CCCCc2ccccc2)C(C)(CC)CN1. The van der Waals surface area contributed by atoms with Gasteiger partial charge in [-0.1, -0.05) is 44.2 Å². The summed E-state index contributed by atoms with van der Waals surface area (Å²) >= 11 is 0. The van der Waals surface area contributed by atoms with Crippen LogP contribution >= 0.6 is 0 Å². The van der Waals surface area contributed by atoms with E-state index < -0.39 is 0 Å². The minimum Gasteiger partial charge on any atom is -0.311 e. The van der Waals surface area contributed by atoms with Crippen LogP contribution in [0.3, 0.4) is 0 Å². The van der Waals surface area contributed by atoms with Crippen LogP contribution in [0, 0.1) is 0 Å². The topological polar surface area (TPSA) is 15.3 Å². The zero-order valence-electron chi connectivity index (χ0n) is 14.1. The smallest absolute Gasteiger partial charge is 0.0303 e. The van der Waals surface area contributed by atoms with Gasteiger partial charge in [-0.05, 0) is 51.1 Å². The maximum absolute atomic E-state index is 3.71. The Labute approximate surface area is 130 Å². The quantitative estimate of drug-likeness (QED) is 0.766. The molecule has 21 heavy (non-hydrogen) atoms. The summed E-state index contributed by atoms with van der Waals surface area (Å²) in [4.78, 5) is 2.74. The summed E-state index contributed by atoms with van der Waals surface area (Å²) in [6.45, 7) is 10.6. The minimum absolute atomic E-state index is 0.346. The van der Waals surface area contributed by atoms with Crippen LogP contribution in [0.1, 0.15) is 52.0 Å². The maximum Gasteiger partial charge on any atom is 0.0303 e. The number of rotatable bonds is 7. The van der Waals surface area contributed by atoms with Gasteiger partial charge in [0.05, 0.1) is 0 Å². The van der Waals surface area contributed by atoms with Crippen LogP contribution in [0.25, 0.3) is 0 Å². The van der Waals surface area contributed by atoms with Crippen LogP contribution in [0.2, 0.25) is 0 Å². The van der Waals surface area contributed by atoms with E-state index in [9.17, 15) is 0 Å². The molecule has 0 saturated carbocycles. The number of unbranched alkanes of at least 4 members (excludes halogenated alkanes) is 1. The van der Waals surface area contributed by atoms with Crippen molar-refractivity contribution < 1.29 is 0 Å². The summed E-state index contributed by atoms with van der Waals surface area (Å²) in [7, 11) is 0. The molecule has 0 radical (unpaired) electrons. The van der Waals surface area contributed by atoms with Crippen molar-refractivity contribution in [2.75, 3.05) is 19.6 Å². The molecule has 1 aromatic carbocycles. The molecular formula is C19H32N2.